The summed E-state index contributed by atoms with van der Waals surface area (Å²) in [5.74, 6) is 0.664. The van der Waals surface area contributed by atoms with E-state index in [-0.39, 0.29) is 11.6 Å². The second kappa shape index (κ2) is 7.63. The van der Waals surface area contributed by atoms with E-state index < -0.39 is 0 Å². The molecule has 3 rings (SSSR count). The predicted molar refractivity (Wildman–Crippen MR) is 99.6 cm³/mol. The lowest BCUT2D eigenvalue weighted by molar-refractivity contribution is -0.0872. The lowest BCUT2D eigenvalue weighted by atomic mass is 10.0. The van der Waals surface area contributed by atoms with E-state index in [0.29, 0.717) is 37.1 Å². The van der Waals surface area contributed by atoms with Crippen LogP contribution in [0.5, 0.6) is 0 Å². The van der Waals surface area contributed by atoms with Crippen molar-refractivity contribution in [3.63, 3.8) is 0 Å². The van der Waals surface area contributed by atoms with Gasteiger partial charge in [0, 0.05) is 24.3 Å². The molecule has 0 bridgehead atoms. The molecule has 140 valence electrons. The molecule has 1 N–H and O–H groups in total. The van der Waals surface area contributed by atoms with Crippen molar-refractivity contribution in [3.8, 4) is 5.82 Å². The Morgan fingerprint density at radius 2 is 2.27 bits per heavy atom. The number of amides is 2. The third kappa shape index (κ3) is 4.16. The van der Waals surface area contributed by atoms with Crippen LogP contribution in [0.1, 0.15) is 31.5 Å². The third-order valence-electron chi connectivity index (χ3n) is 4.67. The number of pyridine rings is 1. The van der Waals surface area contributed by atoms with Gasteiger partial charge in [-0.25, -0.2) is 14.5 Å². The molecule has 1 fully saturated rings. The number of morpholine rings is 1. The number of halogens is 1. The van der Waals surface area contributed by atoms with Gasteiger partial charge in [0.2, 0.25) is 0 Å². The van der Waals surface area contributed by atoms with Gasteiger partial charge in [-0.1, -0.05) is 24.6 Å². The molecule has 2 aromatic heterocycles. The monoisotopic (exact) mass is 377 g/mol. The number of rotatable bonds is 4. The van der Waals surface area contributed by atoms with Crippen molar-refractivity contribution in [2.45, 2.75) is 39.3 Å². The molecular formula is C18H24ClN5O2. The first-order valence-corrected chi connectivity index (χ1v) is 9.12. The van der Waals surface area contributed by atoms with Gasteiger partial charge in [-0.15, -0.1) is 0 Å². The number of nitrogens with zero attached hydrogens (tertiary/aromatic N) is 4. The number of aromatic nitrogens is 3. The Labute approximate surface area is 158 Å². The molecule has 1 aliphatic heterocycles. The number of aryl methyl sites for hydroxylation is 1. The van der Waals surface area contributed by atoms with E-state index in [1.807, 2.05) is 26.0 Å². The molecule has 7 nitrogen and oxygen atoms in total. The summed E-state index contributed by atoms with van der Waals surface area (Å²) < 4.78 is 7.42. The average Bonchev–Trinajstić information content (AvgIpc) is 3.06. The second-order valence-corrected chi connectivity index (χ2v) is 7.21. The SMILES string of the molecule is CC[C@]1(C)CN(C(=O)NCc2ccc(C)nc2-n2cc(Cl)cn2)CCO1. The summed E-state index contributed by atoms with van der Waals surface area (Å²) in [5, 5.41) is 7.74. The summed E-state index contributed by atoms with van der Waals surface area (Å²) in [5.41, 5.74) is 1.46. The van der Waals surface area contributed by atoms with Crippen LogP contribution in [0.2, 0.25) is 5.02 Å². The highest BCUT2D eigenvalue weighted by Crippen LogP contribution is 2.21. The van der Waals surface area contributed by atoms with Crippen molar-refractivity contribution < 1.29 is 9.53 Å². The maximum absolute atomic E-state index is 12.6. The number of hydrogen-bond acceptors (Lipinski definition) is 4. The molecule has 1 atom stereocenters. The van der Waals surface area contributed by atoms with Crippen LogP contribution in [0.4, 0.5) is 4.79 Å². The fraction of sp³-hybridized carbons (Fsp3) is 0.500. The molecule has 0 spiro atoms. The first-order chi connectivity index (χ1) is 12.4. The van der Waals surface area contributed by atoms with Gasteiger partial charge in [0.25, 0.3) is 0 Å². The van der Waals surface area contributed by atoms with Gasteiger partial charge in [-0.3, -0.25) is 0 Å². The lowest BCUT2D eigenvalue weighted by Gasteiger charge is -2.39. The Balaban J connectivity index is 1.71. The molecule has 26 heavy (non-hydrogen) atoms. The van der Waals surface area contributed by atoms with E-state index in [0.717, 1.165) is 17.7 Å². The van der Waals surface area contributed by atoms with Crippen LogP contribution < -0.4 is 5.32 Å². The minimum absolute atomic E-state index is 0.0991. The largest absolute Gasteiger partial charge is 0.372 e. The topological polar surface area (TPSA) is 72.3 Å². The highest BCUT2D eigenvalue weighted by molar-refractivity contribution is 6.30. The van der Waals surface area contributed by atoms with Gasteiger partial charge in [-0.05, 0) is 26.3 Å². The Morgan fingerprint density at radius 3 is 2.96 bits per heavy atom. The molecule has 1 aliphatic rings. The zero-order valence-electron chi connectivity index (χ0n) is 15.3. The van der Waals surface area contributed by atoms with E-state index in [9.17, 15) is 4.79 Å². The third-order valence-corrected chi connectivity index (χ3v) is 4.86. The molecule has 1 saturated heterocycles. The maximum Gasteiger partial charge on any atom is 0.317 e. The Bertz CT molecular complexity index is 794. The molecule has 0 aliphatic carbocycles. The molecule has 2 aromatic rings. The zero-order valence-corrected chi connectivity index (χ0v) is 16.1. The first-order valence-electron chi connectivity index (χ1n) is 8.74. The van der Waals surface area contributed by atoms with Crippen LogP contribution in [0.25, 0.3) is 5.82 Å². The Hall–Kier alpha value is -2.12. The number of hydrogen-bond donors (Lipinski definition) is 1. The smallest absolute Gasteiger partial charge is 0.317 e. The summed E-state index contributed by atoms with van der Waals surface area (Å²) in [6, 6.07) is 3.76. The predicted octanol–water partition coefficient (Wildman–Crippen LogP) is 2.94. The van der Waals surface area contributed by atoms with Crippen molar-refractivity contribution in [2.75, 3.05) is 19.7 Å². The van der Waals surface area contributed by atoms with Crippen LogP contribution in [0.15, 0.2) is 24.5 Å². The van der Waals surface area contributed by atoms with Gasteiger partial charge in [-0.2, -0.15) is 5.10 Å². The highest BCUT2D eigenvalue weighted by Gasteiger charge is 2.32. The molecule has 0 unspecified atom stereocenters. The molecule has 0 aromatic carbocycles. The van der Waals surface area contributed by atoms with Gasteiger partial charge in [0.15, 0.2) is 5.82 Å². The van der Waals surface area contributed by atoms with E-state index in [2.05, 4.69) is 22.3 Å². The van der Waals surface area contributed by atoms with E-state index >= 15 is 0 Å². The summed E-state index contributed by atoms with van der Waals surface area (Å²) in [7, 11) is 0. The van der Waals surface area contributed by atoms with E-state index in [1.54, 1.807) is 22.0 Å². The van der Waals surface area contributed by atoms with Crippen molar-refractivity contribution in [2.24, 2.45) is 0 Å². The van der Waals surface area contributed by atoms with Crippen molar-refractivity contribution in [3.05, 3.63) is 40.8 Å². The fourth-order valence-corrected chi connectivity index (χ4v) is 3.06. The van der Waals surface area contributed by atoms with Gasteiger partial charge in [0.05, 0.1) is 36.2 Å². The van der Waals surface area contributed by atoms with Gasteiger partial charge < -0.3 is 15.0 Å². The minimum atomic E-state index is -0.280. The maximum atomic E-state index is 12.6. The number of carbonyl (C=O) groups is 1. The van der Waals surface area contributed by atoms with Crippen LogP contribution >= 0.6 is 11.6 Å². The summed E-state index contributed by atoms with van der Waals surface area (Å²) >= 11 is 5.97. The number of carbonyl (C=O) groups excluding carboxylic acids is 1. The van der Waals surface area contributed by atoms with E-state index in [4.69, 9.17) is 16.3 Å². The molecule has 3 heterocycles. The molecule has 2 amide bonds. The standard InChI is InChI=1S/C18H24ClN5O2/c1-4-18(3)12-23(7-8-26-18)17(25)20-9-14-6-5-13(2)22-16(14)24-11-15(19)10-21-24/h5-6,10-11H,4,7-9,12H2,1-3H3,(H,20,25)/t18-/m1/s1. The number of nitrogens with one attached hydrogen (secondary N) is 1. The second-order valence-electron chi connectivity index (χ2n) is 6.77. The Kier molecular flexibility index (Phi) is 5.48. The fourth-order valence-electron chi connectivity index (χ4n) is 2.93. The quantitative estimate of drug-likeness (QED) is 0.889. The molecule has 8 heteroatoms. The highest BCUT2D eigenvalue weighted by atomic mass is 35.5. The molecule has 0 saturated carbocycles. The number of urea groups is 1. The normalized spacial score (nSPS) is 20.2. The number of ether oxygens (including phenoxy) is 1. The molecular weight excluding hydrogens is 354 g/mol. The van der Waals surface area contributed by atoms with Gasteiger partial charge in [0.1, 0.15) is 0 Å². The summed E-state index contributed by atoms with van der Waals surface area (Å²) in [4.78, 5) is 18.9. The van der Waals surface area contributed by atoms with Crippen LogP contribution in [-0.2, 0) is 11.3 Å². The van der Waals surface area contributed by atoms with Crippen molar-refractivity contribution in [1.82, 2.24) is 25.0 Å². The van der Waals surface area contributed by atoms with Crippen molar-refractivity contribution >= 4 is 17.6 Å². The van der Waals surface area contributed by atoms with Crippen LogP contribution in [-0.4, -0.2) is 51.0 Å². The minimum Gasteiger partial charge on any atom is -0.372 e. The lowest BCUT2D eigenvalue weighted by Crippen LogP contribution is -2.54. The van der Waals surface area contributed by atoms with Crippen molar-refractivity contribution in [1.29, 1.82) is 0 Å². The molecule has 0 radical (unpaired) electrons. The zero-order chi connectivity index (χ0) is 18.7. The van der Waals surface area contributed by atoms with Crippen LogP contribution in [0.3, 0.4) is 0 Å². The average molecular weight is 378 g/mol. The first kappa shape index (κ1) is 18.7. The van der Waals surface area contributed by atoms with Gasteiger partial charge >= 0.3 is 6.03 Å². The van der Waals surface area contributed by atoms with Crippen LogP contribution in [0, 0.1) is 6.92 Å². The summed E-state index contributed by atoms with van der Waals surface area (Å²) in [6.07, 6.45) is 4.12. The summed E-state index contributed by atoms with van der Waals surface area (Å²) in [6.45, 7) is 8.12. The Morgan fingerprint density at radius 1 is 1.46 bits per heavy atom. The van der Waals surface area contributed by atoms with E-state index in [1.165, 1.54) is 0 Å².